The van der Waals surface area contributed by atoms with Gasteiger partial charge >= 0.3 is 12.4 Å². The molecule has 0 aliphatic heterocycles. The number of benzene rings is 2. The summed E-state index contributed by atoms with van der Waals surface area (Å²) in [7, 11) is 0. The van der Waals surface area contributed by atoms with Crippen LogP contribution < -0.4 is 10.1 Å². The lowest BCUT2D eigenvalue weighted by Crippen LogP contribution is -2.18. The highest BCUT2D eigenvalue weighted by Gasteiger charge is 2.31. The van der Waals surface area contributed by atoms with Crippen LogP contribution in [0, 0.1) is 0 Å². The largest absolute Gasteiger partial charge is 0.573 e. The summed E-state index contributed by atoms with van der Waals surface area (Å²) in [5.74, 6) is -0.993. The lowest BCUT2D eigenvalue weighted by atomic mass is 10.1. The fourth-order valence-electron chi connectivity index (χ4n) is 2.50. The van der Waals surface area contributed by atoms with Crippen LogP contribution in [-0.4, -0.2) is 22.5 Å². The molecule has 0 spiro atoms. The predicted molar refractivity (Wildman–Crippen MR) is 94.8 cm³/mol. The molecule has 0 fully saturated rings. The van der Waals surface area contributed by atoms with Crippen LogP contribution in [0.25, 0.3) is 11.5 Å². The predicted octanol–water partition coefficient (Wildman–Crippen LogP) is 4.84. The summed E-state index contributed by atoms with van der Waals surface area (Å²) in [6, 6.07) is 12.1. The Morgan fingerprint density at radius 1 is 1.14 bits per heavy atom. The Morgan fingerprint density at radius 3 is 2.57 bits per heavy atom. The molecular weight excluding hydrogens is 375 g/mol. The highest BCUT2D eigenvalue weighted by molar-refractivity contribution is 6.03. The van der Waals surface area contributed by atoms with E-state index >= 15 is 0 Å². The third-order valence-electron chi connectivity index (χ3n) is 3.71. The van der Waals surface area contributed by atoms with Gasteiger partial charge in [0.1, 0.15) is 5.75 Å². The van der Waals surface area contributed by atoms with Crippen LogP contribution in [0.4, 0.5) is 19.2 Å². The molecule has 2 aromatic carbocycles. The number of carbonyl (C=O) groups excluding carboxylic acids is 1. The summed E-state index contributed by atoms with van der Waals surface area (Å²) in [5.41, 5.74) is 1.82. The smallest absolute Gasteiger partial charge is 0.406 e. The van der Waals surface area contributed by atoms with Crippen LogP contribution in [0.15, 0.2) is 52.9 Å². The molecule has 0 unspecified atom stereocenters. The number of aromatic nitrogens is 2. The average Bonchev–Trinajstić information content (AvgIpc) is 3.10. The summed E-state index contributed by atoms with van der Waals surface area (Å²) >= 11 is 0. The first-order valence-corrected chi connectivity index (χ1v) is 8.44. The van der Waals surface area contributed by atoms with Crippen molar-refractivity contribution in [3.8, 4) is 17.2 Å². The van der Waals surface area contributed by atoms with Crippen LogP contribution in [-0.2, 0) is 6.42 Å². The van der Waals surface area contributed by atoms with E-state index in [9.17, 15) is 18.0 Å². The molecule has 6 nitrogen and oxygen atoms in total. The van der Waals surface area contributed by atoms with E-state index in [1.165, 1.54) is 17.7 Å². The van der Waals surface area contributed by atoms with Gasteiger partial charge in [-0.05, 0) is 42.3 Å². The zero-order valence-corrected chi connectivity index (χ0v) is 14.8. The molecule has 3 aromatic rings. The second kappa shape index (κ2) is 8.12. The second-order valence-electron chi connectivity index (χ2n) is 5.89. The van der Waals surface area contributed by atoms with Gasteiger partial charge in [-0.3, -0.25) is 10.1 Å². The fourth-order valence-corrected chi connectivity index (χ4v) is 2.50. The van der Waals surface area contributed by atoms with Crippen molar-refractivity contribution in [3.63, 3.8) is 0 Å². The monoisotopic (exact) mass is 391 g/mol. The number of carbonyl (C=O) groups is 1. The number of rotatable bonds is 6. The van der Waals surface area contributed by atoms with E-state index in [-0.39, 0.29) is 17.5 Å². The molecule has 1 aromatic heterocycles. The number of alkyl halides is 3. The van der Waals surface area contributed by atoms with Crippen LogP contribution >= 0.6 is 0 Å². The number of hydrogen-bond donors (Lipinski definition) is 1. The zero-order chi connectivity index (χ0) is 20.1. The molecule has 146 valence electrons. The van der Waals surface area contributed by atoms with E-state index in [4.69, 9.17) is 4.42 Å². The van der Waals surface area contributed by atoms with Gasteiger partial charge in [0.15, 0.2) is 0 Å². The van der Waals surface area contributed by atoms with Crippen molar-refractivity contribution >= 4 is 11.9 Å². The molecule has 0 radical (unpaired) electrons. The summed E-state index contributed by atoms with van der Waals surface area (Å²) in [6.45, 7) is 2.09. The van der Waals surface area contributed by atoms with Crippen molar-refractivity contribution in [2.24, 2.45) is 0 Å². The molecular formula is C19H16F3N3O3. The minimum Gasteiger partial charge on any atom is -0.406 e. The van der Waals surface area contributed by atoms with E-state index < -0.39 is 18.0 Å². The van der Waals surface area contributed by atoms with Gasteiger partial charge in [0.25, 0.3) is 5.91 Å². The normalized spacial score (nSPS) is 11.3. The van der Waals surface area contributed by atoms with Gasteiger partial charge in [0.05, 0.1) is 0 Å². The number of halogens is 3. The van der Waals surface area contributed by atoms with Gasteiger partial charge in [-0.25, -0.2) is 0 Å². The number of anilines is 1. The first kappa shape index (κ1) is 19.4. The molecule has 0 bridgehead atoms. The Morgan fingerprint density at radius 2 is 1.89 bits per heavy atom. The maximum Gasteiger partial charge on any atom is 0.573 e. The van der Waals surface area contributed by atoms with E-state index in [0.29, 0.717) is 5.56 Å². The van der Waals surface area contributed by atoms with Crippen LogP contribution in [0.1, 0.15) is 29.3 Å². The number of nitrogens with zero attached hydrogens (tertiary/aromatic N) is 2. The molecule has 3 rings (SSSR count). The summed E-state index contributed by atoms with van der Waals surface area (Å²) in [6.07, 6.45) is -2.85. The maximum absolute atomic E-state index is 12.3. The molecule has 0 saturated carbocycles. The standard InChI is InChI=1S/C19H16F3N3O3/c1-2-4-12-7-9-13(10-8-12)17-24-25-18(27-17)23-16(26)14-5-3-6-15(11-14)28-19(20,21)22/h3,5-11H,2,4H2,1H3,(H,23,25,26). The molecule has 0 aliphatic carbocycles. The van der Waals surface area contributed by atoms with Gasteiger partial charge in [0.2, 0.25) is 5.89 Å². The first-order valence-electron chi connectivity index (χ1n) is 8.44. The van der Waals surface area contributed by atoms with Gasteiger partial charge < -0.3 is 9.15 Å². The average molecular weight is 391 g/mol. The minimum atomic E-state index is -4.84. The molecule has 9 heteroatoms. The van der Waals surface area contributed by atoms with E-state index in [1.54, 1.807) is 0 Å². The van der Waals surface area contributed by atoms with Crippen molar-refractivity contribution in [1.82, 2.24) is 10.2 Å². The van der Waals surface area contributed by atoms with Gasteiger partial charge in [0, 0.05) is 11.1 Å². The maximum atomic E-state index is 12.3. The number of amides is 1. The quantitative estimate of drug-likeness (QED) is 0.651. The Balaban J connectivity index is 1.69. The Hall–Kier alpha value is -3.36. The number of aryl methyl sites for hydroxylation is 1. The Labute approximate surface area is 158 Å². The third-order valence-corrected chi connectivity index (χ3v) is 3.71. The highest BCUT2D eigenvalue weighted by atomic mass is 19.4. The summed E-state index contributed by atoms with van der Waals surface area (Å²) in [4.78, 5) is 12.2. The summed E-state index contributed by atoms with van der Waals surface area (Å²) in [5, 5.41) is 9.96. The van der Waals surface area contributed by atoms with Gasteiger partial charge in [-0.1, -0.05) is 36.6 Å². The topological polar surface area (TPSA) is 77.2 Å². The Kier molecular flexibility index (Phi) is 5.62. The van der Waals surface area contributed by atoms with Gasteiger partial charge in [-0.15, -0.1) is 18.3 Å². The van der Waals surface area contributed by atoms with Crippen molar-refractivity contribution in [2.45, 2.75) is 26.1 Å². The molecule has 28 heavy (non-hydrogen) atoms. The third kappa shape index (κ3) is 5.09. The zero-order valence-electron chi connectivity index (χ0n) is 14.8. The lowest BCUT2D eigenvalue weighted by molar-refractivity contribution is -0.274. The molecule has 1 amide bonds. The number of hydrogen-bond acceptors (Lipinski definition) is 5. The van der Waals surface area contributed by atoms with Crippen LogP contribution in [0.3, 0.4) is 0 Å². The summed E-state index contributed by atoms with van der Waals surface area (Å²) < 4.78 is 46.1. The highest BCUT2D eigenvalue weighted by Crippen LogP contribution is 2.24. The first-order chi connectivity index (χ1) is 13.3. The molecule has 0 atom stereocenters. The Bertz CT molecular complexity index is 953. The number of nitrogens with one attached hydrogen (secondary N) is 1. The molecule has 0 aliphatic rings. The van der Waals surface area contributed by atoms with Crippen LogP contribution in [0.5, 0.6) is 5.75 Å². The van der Waals surface area contributed by atoms with E-state index in [1.807, 2.05) is 24.3 Å². The van der Waals surface area contributed by atoms with Crippen molar-refractivity contribution in [2.75, 3.05) is 5.32 Å². The van der Waals surface area contributed by atoms with Gasteiger partial charge in [-0.2, -0.15) is 0 Å². The SMILES string of the molecule is CCCc1ccc(-c2nnc(NC(=O)c3cccc(OC(F)(F)F)c3)o2)cc1. The second-order valence-corrected chi connectivity index (χ2v) is 5.89. The van der Waals surface area contributed by atoms with Crippen molar-refractivity contribution < 1.29 is 27.1 Å². The minimum absolute atomic E-state index is 0.0505. The molecule has 1 heterocycles. The lowest BCUT2D eigenvalue weighted by Gasteiger charge is -2.09. The number of ether oxygens (including phenoxy) is 1. The molecule has 0 saturated heterocycles. The van der Waals surface area contributed by atoms with E-state index in [0.717, 1.165) is 25.0 Å². The van der Waals surface area contributed by atoms with Crippen molar-refractivity contribution in [1.29, 1.82) is 0 Å². The fraction of sp³-hybridized carbons (Fsp3) is 0.211. The van der Waals surface area contributed by atoms with Crippen LogP contribution in [0.2, 0.25) is 0 Å². The van der Waals surface area contributed by atoms with Crippen molar-refractivity contribution in [3.05, 3.63) is 59.7 Å². The molecule has 1 N–H and O–H groups in total. The van der Waals surface area contributed by atoms with E-state index in [2.05, 4.69) is 27.2 Å².